The molecule has 45 valence electrons. The molecule has 0 aromatic carbocycles. The Bertz CT molecular complexity index is 148. The first-order valence-electron chi connectivity index (χ1n) is 2.53. The van der Waals surface area contributed by atoms with Gasteiger partial charge in [-0.2, -0.15) is 18.6 Å². The molecule has 0 unspecified atom stereocenters. The monoisotopic (exact) mass is 195 g/mol. The molecule has 1 aromatic heterocycles. The minimum atomic E-state index is 0. The van der Waals surface area contributed by atoms with Crippen LogP contribution in [-0.4, -0.2) is 4.98 Å². The fourth-order valence-electron chi connectivity index (χ4n) is 0.498. The summed E-state index contributed by atoms with van der Waals surface area (Å²) in [4.78, 5) is 4.02. The average molecular weight is 195 g/mol. The van der Waals surface area contributed by atoms with Crippen LogP contribution in [0.25, 0.3) is 0 Å². The fraction of sp³-hybridized carbons (Fsp3) is 0.143. The Morgan fingerprint density at radius 3 is 2.44 bits per heavy atom. The van der Waals surface area contributed by atoms with Crippen molar-refractivity contribution >= 4 is 0 Å². The first kappa shape index (κ1) is 9.12. The van der Waals surface area contributed by atoms with Gasteiger partial charge in [-0.15, -0.1) is 0 Å². The van der Waals surface area contributed by atoms with Gasteiger partial charge in [-0.25, -0.2) is 0 Å². The van der Waals surface area contributed by atoms with Crippen molar-refractivity contribution in [1.29, 1.82) is 0 Å². The van der Waals surface area contributed by atoms with E-state index in [1.165, 1.54) is 0 Å². The van der Waals surface area contributed by atoms with Crippen LogP contribution in [0.4, 0.5) is 0 Å². The number of rotatable bonds is 0. The molecule has 1 aromatic rings. The number of aryl methyl sites for hydroxylation is 1. The molecular formula is C7H8NY-. The minimum absolute atomic E-state index is 0. The molecule has 0 aliphatic heterocycles. The second-order valence-corrected chi connectivity index (χ2v) is 1.81. The summed E-state index contributed by atoms with van der Waals surface area (Å²) in [5.74, 6) is 0. The summed E-state index contributed by atoms with van der Waals surface area (Å²) in [6.45, 7) is 5.66. The van der Waals surface area contributed by atoms with Gasteiger partial charge in [0.2, 0.25) is 0 Å². The molecule has 1 heterocycles. The van der Waals surface area contributed by atoms with Crippen LogP contribution < -0.4 is 0 Å². The Morgan fingerprint density at radius 1 is 1.44 bits per heavy atom. The zero-order chi connectivity index (χ0) is 5.98. The number of nitrogens with zero attached hydrogens (tertiary/aromatic N) is 1. The Kier molecular flexibility index (Phi) is 4.08. The van der Waals surface area contributed by atoms with E-state index >= 15 is 0 Å². The third-order valence-corrected chi connectivity index (χ3v) is 0.973. The van der Waals surface area contributed by atoms with Crippen LogP contribution in [0.15, 0.2) is 18.3 Å². The molecule has 0 atom stereocenters. The predicted octanol–water partition coefficient (Wildman–Crippen LogP) is 1.57. The van der Waals surface area contributed by atoms with Crippen LogP contribution in [0, 0.1) is 13.8 Å². The standard InChI is InChI=1S/C7H8N.Y/c1-6-3-4-7(2)8-5-6;/h3-5H,1H2,2H3;/q-1;. The third-order valence-electron chi connectivity index (χ3n) is 0.973. The molecule has 0 aliphatic rings. The van der Waals surface area contributed by atoms with Crippen molar-refractivity contribution < 1.29 is 32.7 Å². The minimum Gasteiger partial charge on any atom is -0.326 e. The Labute approximate surface area is 80.8 Å². The number of hydrogen-bond acceptors (Lipinski definition) is 1. The van der Waals surface area contributed by atoms with Gasteiger partial charge in [0, 0.05) is 38.4 Å². The molecule has 0 amide bonds. The first-order valence-corrected chi connectivity index (χ1v) is 2.53. The molecule has 1 radical (unpaired) electrons. The van der Waals surface area contributed by atoms with Crippen LogP contribution in [0.2, 0.25) is 0 Å². The van der Waals surface area contributed by atoms with Crippen LogP contribution >= 0.6 is 0 Å². The number of hydrogen-bond donors (Lipinski definition) is 0. The second-order valence-electron chi connectivity index (χ2n) is 1.81. The maximum atomic E-state index is 4.02. The molecule has 0 aliphatic carbocycles. The SMILES string of the molecule is [CH2-]c1ccc(C)nc1.[Y]. The quantitative estimate of drug-likeness (QED) is 0.572. The van der Waals surface area contributed by atoms with E-state index in [2.05, 4.69) is 11.9 Å². The van der Waals surface area contributed by atoms with Gasteiger partial charge in [0.15, 0.2) is 0 Å². The van der Waals surface area contributed by atoms with Gasteiger partial charge in [0.25, 0.3) is 0 Å². The zero-order valence-electron chi connectivity index (χ0n) is 5.46. The first-order chi connectivity index (χ1) is 3.79. The van der Waals surface area contributed by atoms with E-state index in [9.17, 15) is 0 Å². The van der Waals surface area contributed by atoms with Crippen molar-refractivity contribution in [2.45, 2.75) is 6.92 Å². The average Bonchev–Trinajstić information content (AvgIpc) is 1.77. The summed E-state index contributed by atoms with van der Waals surface area (Å²) in [6, 6.07) is 3.89. The Balaban J connectivity index is 0.000000640. The largest absolute Gasteiger partial charge is 0.326 e. The van der Waals surface area contributed by atoms with Gasteiger partial charge in [-0.3, -0.25) is 0 Å². The summed E-state index contributed by atoms with van der Waals surface area (Å²) < 4.78 is 0. The van der Waals surface area contributed by atoms with Gasteiger partial charge >= 0.3 is 0 Å². The fourth-order valence-corrected chi connectivity index (χ4v) is 0.498. The van der Waals surface area contributed by atoms with E-state index in [0.29, 0.717) is 0 Å². The van der Waals surface area contributed by atoms with Gasteiger partial charge in [0.1, 0.15) is 0 Å². The summed E-state index contributed by atoms with van der Waals surface area (Å²) in [5, 5.41) is 0. The topological polar surface area (TPSA) is 12.9 Å². The third kappa shape index (κ3) is 2.97. The van der Waals surface area contributed by atoms with Gasteiger partial charge in [-0.1, -0.05) is 12.3 Å². The molecule has 0 N–H and O–H groups in total. The van der Waals surface area contributed by atoms with Crippen molar-refractivity contribution in [3.8, 4) is 0 Å². The zero-order valence-corrected chi connectivity index (χ0v) is 8.30. The van der Waals surface area contributed by atoms with E-state index < -0.39 is 0 Å². The summed E-state index contributed by atoms with van der Waals surface area (Å²) in [6.07, 6.45) is 1.76. The summed E-state index contributed by atoms with van der Waals surface area (Å²) in [5.41, 5.74) is 2.01. The van der Waals surface area contributed by atoms with E-state index in [0.717, 1.165) is 11.3 Å². The molecule has 0 saturated heterocycles. The Hall–Kier alpha value is 0.124. The second kappa shape index (κ2) is 4.02. The number of pyridine rings is 1. The van der Waals surface area contributed by atoms with Crippen molar-refractivity contribution in [2.24, 2.45) is 0 Å². The molecule has 1 nitrogen and oxygen atoms in total. The van der Waals surface area contributed by atoms with E-state index in [-0.39, 0.29) is 32.7 Å². The predicted molar refractivity (Wildman–Crippen MR) is 33.4 cm³/mol. The molecule has 0 fully saturated rings. The molecular weight excluding hydrogens is 187 g/mol. The van der Waals surface area contributed by atoms with Gasteiger partial charge in [0.05, 0.1) is 0 Å². The molecule has 2 heteroatoms. The van der Waals surface area contributed by atoms with Crippen LogP contribution in [0.3, 0.4) is 0 Å². The smallest absolute Gasteiger partial charge is 0.0102 e. The van der Waals surface area contributed by atoms with Crippen LogP contribution in [0.5, 0.6) is 0 Å². The molecule has 0 spiro atoms. The van der Waals surface area contributed by atoms with Crippen molar-refractivity contribution in [2.75, 3.05) is 0 Å². The van der Waals surface area contributed by atoms with Crippen molar-refractivity contribution in [1.82, 2.24) is 4.98 Å². The van der Waals surface area contributed by atoms with Crippen molar-refractivity contribution in [3.05, 3.63) is 36.5 Å². The van der Waals surface area contributed by atoms with E-state index in [1.54, 1.807) is 6.20 Å². The van der Waals surface area contributed by atoms with E-state index in [4.69, 9.17) is 0 Å². The van der Waals surface area contributed by atoms with Crippen LogP contribution in [0.1, 0.15) is 11.3 Å². The van der Waals surface area contributed by atoms with Gasteiger partial charge < -0.3 is 4.98 Å². The molecule has 0 bridgehead atoms. The molecule has 9 heavy (non-hydrogen) atoms. The van der Waals surface area contributed by atoms with E-state index in [1.807, 2.05) is 19.1 Å². The molecule has 1 rings (SSSR count). The summed E-state index contributed by atoms with van der Waals surface area (Å²) in [7, 11) is 0. The van der Waals surface area contributed by atoms with Crippen LogP contribution in [-0.2, 0) is 32.7 Å². The maximum absolute atomic E-state index is 4.02. The van der Waals surface area contributed by atoms with Crippen molar-refractivity contribution in [3.63, 3.8) is 0 Å². The maximum Gasteiger partial charge on any atom is 0.0102 e. The van der Waals surface area contributed by atoms with Gasteiger partial charge in [-0.05, 0) is 6.92 Å². The summed E-state index contributed by atoms with van der Waals surface area (Å²) >= 11 is 0. The Morgan fingerprint density at radius 2 is 2.11 bits per heavy atom. The number of aromatic nitrogens is 1. The molecule has 0 saturated carbocycles. The normalized spacial score (nSPS) is 8.11.